The lowest BCUT2D eigenvalue weighted by Gasteiger charge is -2.23. The first-order valence-corrected chi connectivity index (χ1v) is 9.88. The molecular formula is C17H12Br3NO4. The van der Waals surface area contributed by atoms with E-state index < -0.39 is 3.74 Å². The fourth-order valence-electron chi connectivity index (χ4n) is 2.35. The molecule has 3 rings (SSSR count). The van der Waals surface area contributed by atoms with Gasteiger partial charge in [0.05, 0.1) is 15.7 Å². The van der Waals surface area contributed by atoms with Gasteiger partial charge in [-0.3, -0.25) is 9.59 Å². The summed E-state index contributed by atoms with van der Waals surface area (Å²) in [5.41, 5.74) is 1.70. The summed E-state index contributed by atoms with van der Waals surface area (Å²) in [6.45, 7) is 0.186. The monoisotopic (exact) mass is 531 g/mol. The average Bonchev–Trinajstić information content (AvgIpc) is 2.60. The number of fused-ring (bicyclic) bond motifs is 1. The van der Waals surface area contributed by atoms with Crippen molar-refractivity contribution >= 4 is 65.2 Å². The second kappa shape index (κ2) is 7.88. The highest BCUT2D eigenvalue weighted by molar-refractivity contribution is 9.25. The normalized spacial score (nSPS) is 13.0. The Morgan fingerprint density at radius 1 is 1.28 bits per heavy atom. The largest absolute Gasteiger partial charge is 0.488 e. The molecule has 1 aliphatic rings. The molecule has 1 amide bonds. The van der Waals surface area contributed by atoms with Gasteiger partial charge in [-0.1, -0.05) is 62.2 Å². The molecule has 0 aliphatic carbocycles. The van der Waals surface area contributed by atoms with Crippen LogP contribution in [-0.4, -0.2) is 22.0 Å². The molecule has 0 saturated carbocycles. The number of amides is 1. The molecule has 8 heteroatoms. The predicted octanol–water partition coefficient (Wildman–Crippen LogP) is 4.66. The van der Waals surface area contributed by atoms with E-state index in [4.69, 9.17) is 9.47 Å². The standard InChI is InChI=1S/C17H12Br3NO4/c18-14-11(24-7-9-4-2-1-3-5-9)6-10-16(25-8-12(22)21-10)13(14)15(23)17(19)20/h1-6,17H,7-8H2,(H,21,22). The maximum Gasteiger partial charge on any atom is 0.262 e. The van der Waals surface area contributed by atoms with E-state index in [0.717, 1.165) is 5.56 Å². The van der Waals surface area contributed by atoms with Gasteiger partial charge < -0.3 is 14.8 Å². The van der Waals surface area contributed by atoms with Gasteiger partial charge in [0.2, 0.25) is 0 Å². The van der Waals surface area contributed by atoms with Crippen LogP contribution in [0.4, 0.5) is 5.69 Å². The summed E-state index contributed by atoms with van der Waals surface area (Å²) in [6, 6.07) is 11.3. The Hall–Kier alpha value is -1.38. The fraction of sp³-hybridized carbons (Fsp3) is 0.176. The number of nitrogens with one attached hydrogen (secondary N) is 1. The molecule has 1 aliphatic heterocycles. The number of hydrogen-bond acceptors (Lipinski definition) is 4. The number of ketones is 1. The van der Waals surface area contributed by atoms with Crippen molar-refractivity contribution < 1.29 is 19.1 Å². The number of hydrogen-bond donors (Lipinski definition) is 1. The SMILES string of the molecule is O=C1COc2c(cc(OCc3ccccc3)c(Br)c2C(=O)C(Br)Br)N1. The molecular weight excluding hydrogens is 522 g/mol. The lowest BCUT2D eigenvalue weighted by molar-refractivity contribution is -0.118. The van der Waals surface area contributed by atoms with Gasteiger partial charge in [0.25, 0.3) is 5.91 Å². The van der Waals surface area contributed by atoms with Crippen LogP contribution in [-0.2, 0) is 11.4 Å². The quantitative estimate of drug-likeness (QED) is 0.448. The van der Waals surface area contributed by atoms with Gasteiger partial charge in [0, 0.05) is 6.07 Å². The maximum atomic E-state index is 12.6. The second-order valence-electron chi connectivity index (χ2n) is 5.22. The van der Waals surface area contributed by atoms with Crippen molar-refractivity contribution in [2.45, 2.75) is 10.3 Å². The topological polar surface area (TPSA) is 64.6 Å². The van der Waals surface area contributed by atoms with Gasteiger partial charge >= 0.3 is 0 Å². The van der Waals surface area contributed by atoms with Crippen LogP contribution in [0, 0.1) is 0 Å². The van der Waals surface area contributed by atoms with Crippen molar-refractivity contribution in [3.8, 4) is 11.5 Å². The number of benzene rings is 2. The van der Waals surface area contributed by atoms with Gasteiger partial charge in [-0.15, -0.1) is 0 Å². The Bertz CT molecular complexity index is 824. The summed E-state index contributed by atoms with van der Waals surface area (Å²) in [5, 5.41) is 2.71. The van der Waals surface area contributed by atoms with E-state index in [2.05, 4.69) is 53.1 Å². The van der Waals surface area contributed by atoms with E-state index in [9.17, 15) is 9.59 Å². The van der Waals surface area contributed by atoms with Crippen LogP contribution in [0.25, 0.3) is 0 Å². The Morgan fingerprint density at radius 2 is 2.00 bits per heavy atom. The van der Waals surface area contributed by atoms with Crippen molar-refractivity contribution in [2.75, 3.05) is 11.9 Å². The summed E-state index contributed by atoms with van der Waals surface area (Å²) >= 11 is 9.86. The molecule has 2 aromatic carbocycles. The molecule has 0 atom stereocenters. The molecule has 2 aromatic rings. The molecule has 0 fully saturated rings. The van der Waals surface area contributed by atoms with E-state index in [1.165, 1.54) is 0 Å². The van der Waals surface area contributed by atoms with Crippen LogP contribution >= 0.6 is 47.8 Å². The lowest BCUT2D eigenvalue weighted by Crippen LogP contribution is -2.27. The van der Waals surface area contributed by atoms with E-state index in [1.54, 1.807) is 6.07 Å². The van der Waals surface area contributed by atoms with Crippen LogP contribution in [0.3, 0.4) is 0 Å². The van der Waals surface area contributed by atoms with Gasteiger partial charge in [-0.2, -0.15) is 0 Å². The average molecular weight is 534 g/mol. The summed E-state index contributed by atoms with van der Waals surface area (Å²) in [6.07, 6.45) is 0. The molecule has 130 valence electrons. The van der Waals surface area contributed by atoms with E-state index in [1.807, 2.05) is 30.3 Å². The Kier molecular flexibility index (Phi) is 5.81. The smallest absolute Gasteiger partial charge is 0.262 e. The molecule has 0 saturated heterocycles. The third-order valence-corrected chi connectivity index (χ3v) is 5.11. The molecule has 1 N–H and O–H groups in total. The van der Waals surface area contributed by atoms with Crippen LogP contribution in [0.2, 0.25) is 0 Å². The van der Waals surface area contributed by atoms with Gasteiger partial charge in [0.1, 0.15) is 16.1 Å². The van der Waals surface area contributed by atoms with Crippen molar-refractivity contribution in [3.05, 3.63) is 52.0 Å². The zero-order valence-electron chi connectivity index (χ0n) is 12.7. The second-order valence-corrected chi connectivity index (χ2v) is 9.07. The minimum Gasteiger partial charge on any atom is -0.488 e. The van der Waals surface area contributed by atoms with Crippen molar-refractivity contribution in [2.24, 2.45) is 0 Å². The number of ether oxygens (including phenoxy) is 2. The molecule has 25 heavy (non-hydrogen) atoms. The van der Waals surface area contributed by atoms with Crippen LogP contribution in [0.5, 0.6) is 11.5 Å². The van der Waals surface area contributed by atoms with Gasteiger partial charge in [-0.25, -0.2) is 0 Å². The third kappa shape index (κ3) is 4.07. The highest BCUT2D eigenvalue weighted by atomic mass is 79.9. The predicted molar refractivity (Wildman–Crippen MR) is 105 cm³/mol. The highest BCUT2D eigenvalue weighted by Crippen LogP contribution is 2.44. The van der Waals surface area contributed by atoms with E-state index in [0.29, 0.717) is 33.8 Å². The lowest BCUT2D eigenvalue weighted by atomic mass is 10.1. The molecule has 0 unspecified atom stereocenters. The Labute approximate surface area is 169 Å². The number of Topliss-reactive ketones (excluding diaryl/α,β-unsaturated/α-hetero) is 1. The van der Waals surface area contributed by atoms with E-state index in [-0.39, 0.29) is 18.3 Å². The number of anilines is 1. The summed E-state index contributed by atoms with van der Waals surface area (Å²) in [7, 11) is 0. The maximum absolute atomic E-state index is 12.6. The fourth-order valence-corrected chi connectivity index (χ4v) is 3.42. The molecule has 1 heterocycles. The highest BCUT2D eigenvalue weighted by Gasteiger charge is 2.30. The molecule has 0 radical (unpaired) electrons. The van der Waals surface area contributed by atoms with Gasteiger partial charge in [0.15, 0.2) is 18.1 Å². The number of halogens is 3. The minimum absolute atomic E-state index is 0.140. The number of carbonyl (C=O) groups is 2. The number of carbonyl (C=O) groups excluding carboxylic acids is 2. The summed E-state index contributed by atoms with van der Waals surface area (Å²) in [4.78, 5) is 24.2. The van der Waals surface area contributed by atoms with Crippen LogP contribution in [0.15, 0.2) is 40.9 Å². The first-order valence-electron chi connectivity index (χ1n) is 7.25. The van der Waals surface area contributed by atoms with Crippen LogP contribution < -0.4 is 14.8 Å². The molecule has 5 nitrogen and oxygen atoms in total. The minimum atomic E-state index is -0.592. The van der Waals surface area contributed by atoms with Crippen molar-refractivity contribution in [1.29, 1.82) is 0 Å². The Balaban J connectivity index is 2.00. The third-order valence-electron chi connectivity index (χ3n) is 3.49. The summed E-state index contributed by atoms with van der Waals surface area (Å²) < 4.78 is 11.2. The molecule has 0 aromatic heterocycles. The van der Waals surface area contributed by atoms with Crippen molar-refractivity contribution in [3.63, 3.8) is 0 Å². The first-order chi connectivity index (χ1) is 12.0. The van der Waals surface area contributed by atoms with Crippen LogP contribution in [0.1, 0.15) is 15.9 Å². The Morgan fingerprint density at radius 3 is 2.68 bits per heavy atom. The summed E-state index contributed by atoms with van der Waals surface area (Å²) in [5.74, 6) is 0.241. The molecule has 0 spiro atoms. The number of alkyl halides is 2. The molecule has 0 bridgehead atoms. The number of rotatable bonds is 5. The van der Waals surface area contributed by atoms with Gasteiger partial charge in [-0.05, 0) is 21.5 Å². The zero-order valence-corrected chi connectivity index (χ0v) is 17.5. The van der Waals surface area contributed by atoms with E-state index >= 15 is 0 Å². The zero-order chi connectivity index (χ0) is 18.0. The van der Waals surface area contributed by atoms with Crippen molar-refractivity contribution in [1.82, 2.24) is 0 Å². The first kappa shape index (κ1) is 18.4.